The first kappa shape index (κ1) is 15.6. The van der Waals surface area contributed by atoms with E-state index in [1.807, 2.05) is 0 Å². The molecule has 0 unspecified atom stereocenters. The Morgan fingerprint density at radius 3 is 2.68 bits per heavy atom. The standard InChI is InChI=1S/C13H20N4O4S/c18-13-4-3-12(11-1-2-11)15-17(13)6-5-14-22(19,20)16-7-9-21-10-8-16/h3-4,11,14H,1-2,5-10H2. The quantitative estimate of drug-likeness (QED) is 0.744. The topological polar surface area (TPSA) is 93.5 Å². The molecule has 2 fully saturated rings. The predicted octanol–water partition coefficient (Wildman–Crippen LogP) is -0.713. The number of hydrogen-bond donors (Lipinski definition) is 1. The molecule has 0 radical (unpaired) electrons. The summed E-state index contributed by atoms with van der Waals surface area (Å²) in [6.07, 6.45) is 2.21. The monoisotopic (exact) mass is 328 g/mol. The Bertz CT molecular complexity index is 678. The van der Waals surface area contributed by atoms with Crippen molar-refractivity contribution in [3.05, 3.63) is 28.2 Å². The Morgan fingerprint density at radius 1 is 1.27 bits per heavy atom. The maximum Gasteiger partial charge on any atom is 0.279 e. The van der Waals surface area contributed by atoms with Gasteiger partial charge in [0.1, 0.15) is 0 Å². The number of nitrogens with one attached hydrogen (secondary N) is 1. The predicted molar refractivity (Wildman–Crippen MR) is 79.8 cm³/mol. The molecule has 1 aromatic heterocycles. The first-order chi connectivity index (χ1) is 10.6. The highest BCUT2D eigenvalue weighted by Crippen LogP contribution is 2.38. The zero-order chi connectivity index (χ0) is 15.6. The molecular formula is C13H20N4O4S. The molecule has 0 atom stereocenters. The van der Waals surface area contributed by atoms with E-state index in [-0.39, 0.29) is 18.6 Å². The van der Waals surface area contributed by atoms with E-state index in [0.29, 0.717) is 32.2 Å². The van der Waals surface area contributed by atoms with Gasteiger partial charge in [-0.3, -0.25) is 4.79 Å². The molecule has 0 aromatic carbocycles. The molecule has 1 saturated heterocycles. The molecule has 9 heteroatoms. The van der Waals surface area contributed by atoms with Crippen LogP contribution in [0.5, 0.6) is 0 Å². The van der Waals surface area contributed by atoms with Crippen LogP contribution in [0.1, 0.15) is 24.5 Å². The van der Waals surface area contributed by atoms with Crippen LogP contribution in [0.15, 0.2) is 16.9 Å². The minimum absolute atomic E-state index is 0.140. The van der Waals surface area contributed by atoms with Gasteiger partial charge in [0.05, 0.1) is 25.5 Å². The highest BCUT2D eigenvalue weighted by atomic mass is 32.2. The molecule has 0 amide bonds. The van der Waals surface area contributed by atoms with Crippen LogP contribution in [0.4, 0.5) is 0 Å². The van der Waals surface area contributed by atoms with Crippen LogP contribution < -0.4 is 10.3 Å². The van der Waals surface area contributed by atoms with Crippen molar-refractivity contribution in [2.45, 2.75) is 25.3 Å². The summed E-state index contributed by atoms with van der Waals surface area (Å²) in [5.41, 5.74) is 0.700. The first-order valence-electron chi connectivity index (χ1n) is 7.47. The third kappa shape index (κ3) is 3.72. The van der Waals surface area contributed by atoms with Crippen molar-refractivity contribution in [1.82, 2.24) is 18.8 Å². The van der Waals surface area contributed by atoms with Crippen molar-refractivity contribution in [2.24, 2.45) is 0 Å². The molecule has 3 rings (SSSR count). The minimum atomic E-state index is -3.52. The summed E-state index contributed by atoms with van der Waals surface area (Å²) in [6.45, 7) is 1.88. The Kier molecular flexibility index (Phi) is 4.57. The van der Waals surface area contributed by atoms with Crippen LogP contribution in [-0.4, -0.2) is 55.4 Å². The van der Waals surface area contributed by atoms with Gasteiger partial charge in [-0.15, -0.1) is 0 Å². The molecule has 1 aliphatic carbocycles. The summed E-state index contributed by atoms with van der Waals surface area (Å²) in [5, 5.41) is 4.30. The Hall–Kier alpha value is -1.29. The van der Waals surface area contributed by atoms with E-state index < -0.39 is 10.2 Å². The van der Waals surface area contributed by atoms with Gasteiger partial charge >= 0.3 is 0 Å². The van der Waals surface area contributed by atoms with E-state index in [4.69, 9.17) is 4.74 Å². The molecule has 0 spiro atoms. The van der Waals surface area contributed by atoms with Gasteiger partial charge in [0.15, 0.2) is 0 Å². The molecule has 8 nitrogen and oxygen atoms in total. The number of rotatable bonds is 6. The van der Waals surface area contributed by atoms with Gasteiger partial charge in [-0.25, -0.2) is 9.40 Å². The Balaban J connectivity index is 1.58. The lowest BCUT2D eigenvalue weighted by Gasteiger charge is -2.26. The second-order valence-electron chi connectivity index (χ2n) is 5.50. The molecule has 2 aliphatic rings. The summed E-state index contributed by atoms with van der Waals surface area (Å²) < 4.78 is 34.5. The smallest absolute Gasteiger partial charge is 0.279 e. The molecule has 22 heavy (non-hydrogen) atoms. The normalized spacial score (nSPS) is 20.2. The summed E-state index contributed by atoms with van der Waals surface area (Å²) >= 11 is 0. The van der Waals surface area contributed by atoms with Gasteiger partial charge in [0, 0.05) is 31.6 Å². The zero-order valence-electron chi connectivity index (χ0n) is 12.3. The molecule has 122 valence electrons. The van der Waals surface area contributed by atoms with Gasteiger partial charge in [0.25, 0.3) is 15.8 Å². The average Bonchev–Trinajstić information content (AvgIpc) is 3.35. The van der Waals surface area contributed by atoms with Crippen LogP contribution in [0.2, 0.25) is 0 Å². The average molecular weight is 328 g/mol. The Labute approximate surface area is 129 Å². The van der Waals surface area contributed by atoms with E-state index in [0.717, 1.165) is 18.5 Å². The lowest BCUT2D eigenvalue weighted by atomic mass is 10.3. The number of ether oxygens (including phenoxy) is 1. The summed E-state index contributed by atoms with van der Waals surface area (Å²) in [4.78, 5) is 11.8. The number of morpholine rings is 1. The van der Waals surface area contributed by atoms with E-state index in [1.165, 1.54) is 15.1 Å². The van der Waals surface area contributed by atoms with E-state index in [1.54, 1.807) is 6.07 Å². The lowest BCUT2D eigenvalue weighted by molar-refractivity contribution is 0.0725. The van der Waals surface area contributed by atoms with Crippen molar-refractivity contribution in [2.75, 3.05) is 32.8 Å². The highest BCUT2D eigenvalue weighted by molar-refractivity contribution is 7.87. The number of hydrogen-bond acceptors (Lipinski definition) is 5. The molecule has 1 aliphatic heterocycles. The van der Waals surface area contributed by atoms with Gasteiger partial charge < -0.3 is 4.74 Å². The number of aromatic nitrogens is 2. The lowest BCUT2D eigenvalue weighted by Crippen LogP contribution is -2.47. The second kappa shape index (κ2) is 6.45. The summed E-state index contributed by atoms with van der Waals surface area (Å²) in [6, 6.07) is 3.26. The van der Waals surface area contributed by atoms with E-state index in [2.05, 4.69) is 9.82 Å². The summed E-state index contributed by atoms with van der Waals surface area (Å²) in [7, 11) is -3.52. The third-order valence-electron chi connectivity index (χ3n) is 3.80. The van der Waals surface area contributed by atoms with Crippen LogP contribution in [0.3, 0.4) is 0 Å². The van der Waals surface area contributed by atoms with Crippen molar-refractivity contribution < 1.29 is 13.2 Å². The van der Waals surface area contributed by atoms with Crippen LogP contribution in [-0.2, 0) is 21.5 Å². The van der Waals surface area contributed by atoms with Crippen LogP contribution in [0, 0.1) is 0 Å². The minimum Gasteiger partial charge on any atom is -0.379 e. The third-order valence-corrected chi connectivity index (χ3v) is 5.41. The van der Waals surface area contributed by atoms with Crippen molar-refractivity contribution in [3.8, 4) is 0 Å². The first-order valence-corrected chi connectivity index (χ1v) is 8.91. The maximum absolute atomic E-state index is 12.1. The van der Waals surface area contributed by atoms with E-state index >= 15 is 0 Å². The van der Waals surface area contributed by atoms with Crippen molar-refractivity contribution >= 4 is 10.2 Å². The van der Waals surface area contributed by atoms with Crippen LogP contribution in [0.25, 0.3) is 0 Å². The van der Waals surface area contributed by atoms with Gasteiger partial charge in [0.2, 0.25) is 0 Å². The van der Waals surface area contributed by atoms with E-state index in [9.17, 15) is 13.2 Å². The van der Waals surface area contributed by atoms with Gasteiger partial charge in [-0.05, 0) is 18.9 Å². The van der Waals surface area contributed by atoms with Crippen LogP contribution >= 0.6 is 0 Å². The molecule has 1 aromatic rings. The fourth-order valence-electron chi connectivity index (χ4n) is 2.38. The maximum atomic E-state index is 12.1. The SMILES string of the molecule is O=c1ccc(C2CC2)nn1CCNS(=O)(=O)N1CCOCC1. The zero-order valence-corrected chi connectivity index (χ0v) is 13.1. The highest BCUT2D eigenvalue weighted by Gasteiger charge is 2.26. The summed E-state index contributed by atoms with van der Waals surface area (Å²) in [5.74, 6) is 0.455. The largest absolute Gasteiger partial charge is 0.379 e. The van der Waals surface area contributed by atoms with Crippen molar-refractivity contribution in [3.63, 3.8) is 0 Å². The fraction of sp³-hybridized carbons (Fsp3) is 0.692. The second-order valence-corrected chi connectivity index (χ2v) is 7.26. The van der Waals surface area contributed by atoms with Gasteiger partial charge in [-0.1, -0.05) is 0 Å². The number of nitrogens with zero attached hydrogens (tertiary/aromatic N) is 3. The molecule has 1 saturated carbocycles. The molecular weight excluding hydrogens is 308 g/mol. The fourth-order valence-corrected chi connectivity index (χ4v) is 3.54. The molecule has 0 bridgehead atoms. The van der Waals surface area contributed by atoms with Crippen molar-refractivity contribution in [1.29, 1.82) is 0 Å². The molecule has 1 N–H and O–H groups in total. The Morgan fingerprint density at radius 2 is 2.00 bits per heavy atom. The van der Waals surface area contributed by atoms with Gasteiger partial charge in [-0.2, -0.15) is 17.8 Å². The molecule has 2 heterocycles.